The summed E-state index contributed by atoms with van der Waals surface area (Å²) in [7, 11) is 3.30. The number of anilines is 1. The van der Waals surface area contributed by atoms with Crippen LogP contribution in [0.15, 0.2) is 36.4 Å². The zero-order valence-corrected chi connectivity index (χ0v) is 17.3. The Kier molecular flexibility index (Phi) is 5.38. The molecule has 146 valence electrons. The highest BCUT2D eigenvalue weighted by molar-refractivity contribution is 6.34. The summed E-state index contributed by atoms with van der Waals surface area (Å²) in [6.45, 7) is 0.895. The summed E-state index contributed by atoms with van der Waals surface area (Å²) in [5.41, 5.74) is 3.80. The molecule has 0 bridgehead atoms. The summed E-state index contributed by atoms with van der Waals surface area (Å²) in [5, 5.41) is 9.61. The maximum atomic E-state index is 6.24. The average molecular weight is 418 g/mol. The second-order valence-corrected chi connectivity index (χ2v) is 7.54. The molecule has 0 unspecified atom stereocenters. The van der Waals surface area contributed by atoms with Gasteiger partial charge in [-0.15, -0.1) is 0 Å². The summed E-state index contributed by atoms with van der Waals surface area (Å²) in [4.78, 5) is 0. The molecule has 3 aromatic rings. The summed E-state index contributed by atoms with van der Waals surface area (Å²) in [5.74, 6) is 2.44. The van der Waals surface area contributed by atoms with Gasteiger partial charge >= 0.3 is 0 Å². The van der Waals surface area contributed by atoms with Crippen LogP contribution in [0.2, 0.25) is 10.0 Å². The number of nitrogens with zero attached hydrogens (tertiary/aromatic N) is 2. The van der Waals surface area contributed by atoms with E-state index in [1.165, 1.54) is 0 Å². The zero-order chi connectivity index (χ0) is 19.7. The first-order valence-corrected chi connectivity index (χ1v) is 9.91. The van der Waals surface area contributed by atoms with Gasteiger partial charge in [-0.1, -0.05) is 23.2 Å². The van der Waals surface area contributed by atoms with Crippen LogP contribution in [0.25, 0.3) is 16.9 Å². The van der Waals surface area contributed by atoms with E-state index < -0.39 is 0 Å². The maximum absolute atomic E-state index is 6.24. The van der Waals surface area contributed by atoms with Crippen LogP contribution in [0, 0.1) is 0 Å². The predicted octanol–water partition coefficient (Wildman–Crippen LogP) is 5.61. The van der Waals surface area contributed by atoms with Crippen LogP contribution < -0.4 is 14.8 Å². The van der Waals surface area contributed by atoms with Crippen molar-refractivity contribution < 1.29 is 9.47 Å². The molecule has 0 atom stereocenters. The molecule has 1 aromatic heterocycles. The fourth-order valence-electron chi connectivity index (χ4n) is 3.56. The van der Waals surface area contributed by atoms with Crippen LogP contribution in [0.1, 0.15) is 18.4 Å². The van der Waals surface area contributed by atoms with Gasteiger partial charge in [-0.05, 0) is 49.6 Å². The Morgan fingerprint density at radius 3 is 2.50 bits per heavy atom. The molecular formula is C21H21Cl2N3O2. The number of nitrogens with one attached hydrogen (secondary N) is 1. The van der Waals surface area contributed by atoms with E-state index in [2.05, 4.69) is 5.32 Å². The Hall–Kier alpha value is -2.37. The first kappa shape index (κ1) is 19.0. The van der Waals surface area contributed by atoms with E-state index in [9.17, 15) is 0 Å². The van der Waals surface area contributed by atoms with Gasteiger partial charge in [0.25, 0.3) is 0 Å². The molecule has 2 aromatic carbocycles. The molecule has 0 radical (unpaired) electrons. The molecule has 1 N–H and O–H groups in total. The molecule has 7 heteroatoms. The van der Waals surface area contributed by atoms with Gasteiger partial charge in [0, 0.05) is 33.8 Å². The Morgan fingerprint density at radius 1 is 1.00 bits per heavy atom. The van der Waals surface area contributed by atoms with Gasteiger partial charge in [0.05, 0.1) is 19.9 Å². The highest BCUT2D eigenvalue weighted by Gasteiger charge is 2.24. The van der Waals surface area contributed by atoms with Gasteiger partial charge in [-0.3, -0.25) is 0 Å². The van der Waals surface area contributed by atoms with Crippen LogP contribution in [0.3, 0.4) is 0 Å². The van der Waals surface area contributed by atoms with Gasteiger partial charge in [-0.25, -0.2) is 4.68 Å². The van der Waals surface area contributed by atoms with Gasteiger partial charge in [0.1, 0.15) is 23.0 Å². The number of benzene rings is 2. The molecule has 5 nitrogen and oxygen atoms in total. The lowest BCUT2D eigenvalue weighted by Crippen LogP contribution is -2.07. The van der Waals surface area contributed by atoms with Crippen molar-refractivity contribution in [2.45, 2.75) is 19.3 Å². The predicted molar refractivity (Wildman–Crippen MR) is 114 cm³/mol. The first-order valence-electron chi connectivity index (χ1n) is 9.15. The maximum Gasteiger partial charge on any atom is 0.133 e. The molecular weight excluding hydrogens is 397 g/mol. The molecule has 1 aliphatic heterocycles. The molecule has 0 aliphatic carbocycles. The van der Waals surface area contributed by atoms with Gasteiger partial charge in [-0.2, -0.15) is 5.10 Å². The summed E-state index contributed by atoms with van der Waals surface area (Å²) in [6.07, 6.45) is 3.12. The molecule has 2 heterocycles. The second kappa shape index (κ2) is 7.94. The monoisotopic (exact) mass is 417 g/mol. The van der Waals surface area contributed by atoms with Crippen LogP contribution in [0.5, 0.6) is 11.5 Å². The van der Waals surface area contributed by atoms with Crippen molar-refractivity contribution in [2.75, 3.05) is 26.1 Å². The van der Waals surface area contributed by atoms with Crippen molar-refractivity contribution in [3.8, 4) is 28.4 Å². The number of ether oxygens (including phenoxy) is 2. The van der Waals surface area contributed by atoms with Gasteiger partial charge in [0.2, 0.25) is 0 Å². The van der Waals surface area contributed by atoms with E-state index in [1.807, 2.05) is 35.0 Å². The van der Waals surface area contributed by atoms with Crippen LogP contribution in [-0.4, -0.2) is 30.5 Å². The third kappa shape index (κ3) is 3.52. The lowest BCUT2D eigenvalue weighted by atomic mass is 10.0. The third-order valence-electron chi connectivity index (χ3n) is 4.89. The van der Waals surface area contributed by atoms with E-state index in [0.717, 1.165) is 65.6 Å². The largest absolute Gasteiger partial charge is 0.497 e. The lowest BCUT2D eigenvalue weighted by molar-refractivity contribution is 0.395. The highest BCUT2D eigenvalue weighted by Crippen LogP contribution is 2.39. The number of hydrogen-bond donors (Lipinski definition) is 1. The number of aromatic nitrogens is 2. The molecule has 0 amide bonds. The average Bonchev–Trinajstić information content (AvgIpc) is 2.87. The number of hydrogen-bond acceptors (Lipinski definition) is 4. The van der Waals surface area contributed by atoms with E-state index >= 15 is 0 Å². The Balaban J connectivity index is 1.93. The van der Waals surface area contributed by atoms with Crippen molar-refractivity contribution >= 4 is 29.0 Å². The summed E-state index contributed by atoms with van der Waals surface area (Å²) in [6, 6.07) is 11.2. The smallest absolute Gasteiger partial charge is 0.133 e. The first-order chi connectivity index (χ1) is 13.6. The summed E-state index contributed by atoms with van der Waals surface area (Å²) >= 11 is 12.5. The minimum atomic E-state index is 0.573. The Labute approximate surface area is 174 Å². The normalized spacial score (nSPS) is 13.4. The van der Waals surface area contributed by atoms with Crippen molar-refractivity contribution in [3.05, 3.63) is 52.0 Å². The van der Waals surface area contributed by atoms with Crippen molar-refractivity contribution in [3.63, 3.8) is 0 Å². The van der Waals surface area contributed by atoms with Gasteiger partial charge in [0.15, 0.2) is 0 Å². The van der Waals surface area contributed by atoms with E-state index in [4.69, 9.17) is 37.8 Å². The topological polar surface area (TPSA) is 48.3 Å². The summed E-state index contributed by atoms with van der Waals surface area (Å²) < 4.78 is 12.8. The van der Waals surface area contributed by atoms with Crippen LogP contribution in [-0.2, 0) is 6.42 Å². The zero-order valence-electron chi connectivity index (χ0n) is 15.8. The van der Waals surface area contributed by atoms with E-state index in [0.29, 0.717) is 10.0 Å². The van der Waals surface area contributed by atoms with Gasteiger partial charge < -0.3 is 14.8 Å². The molecule has 0 saturated heterocycles. The van der Waals surface area contributed by atoms with Crippen molar-refractivity contribution in [2.24, 2.45) is 0 Å². The highest BCUT2D eigenvalue weighted by atomic mass is 35.5. The van der Waals surface area contributed by atoms with Crippen LogP contribution >= 0.6 is 23.2 Å². The van der Waals surface area contributed by atoms with Crippen LogP contribution in [0.4, 0.5) is 5.82 Å². The molecule has 0 fully saturated rings. The lowest BCUT2D eigenvalue weighted by Gasteiger charge is -2.10. The van der Waals surface area contributed by atoms with Crippen molar-refractivity contribution in [1.29, 1.82) is 0 Å². The molecule has 0 saturated carbocycles. The Bertz CT molecular complexity index is 997. The molecule has 1 aliphatic rings. The second-order valence-electron chi connectivity index (χ2n) is 6.67. The molecule has 28 heavy (non-hydrogen) atoms. The third-order valence-corrected chi connectivity index (χ3v) is 5.32. The van der Waals surface area contributed by atoms with E-state index in [-0.39, 0.29) is 0 Å². The van der Waals surface area contributed by atoms with Crippen molar-refractivity contribution in [1.82, 2.24) is 9.78 Å². The Morgan fingerprint density at radius 2 is 1.79 bits per heavy atom. The quantitative estimate of drug-likeness (QED) is 0.598. The minimum Gasteiger partial charge on any atom is -0.497 e. The number of rotatable bonds is 4. The fourth-order valence-corrected chi connectivity index (χ4v) is 4.08. The molecule has 0 spiro atoms. The number of methoxy groups -OCH3 is 2. The van der Waals surface area contributed by atoms with E-state index in [1.54, 1.807) is 20.3 Å². The fraction of sp³-hybridized carbons (Fsp3) is 0.286. The standard InChI is InChI=1S/C21H21Cl2N3O2/c1-27-16-6-7-17(19(12-16)28-2)20-18-5-3-4-8-24-21(18)26(25-20)15-10-13(22)9-14(23)11-15/h6-7,9-12,24H,3-5,8H2,1-2H3. The SMILES string of the molecule is COc1ccc(-c2nn(-c3cc(Cl)cc(Cl)c3)c3c2CCCCN3)c(OC)c1. The number of fused-ring (bicyclic) bond motifs is 1. The molecule has 4 rings (SSSR count). The minimum absolute atomic E-state index is 0.573. The number of halogens is 2.